The lowest BCUT2D eigenvalue weighted by Gasteiger charge is -2.38. The fourth-order valence-corrected chi connectivity index (χ4v) is 3.55. The highest BCUT2D eigenvalue weighted by molar-refractivity contribution is 6.42. The van der Waals surface area contributed by atoms with Crippen LogP contribution in [0.4, 0.5) is 5.69 Å². The summed E-state index contributed by atoms with van der Waals surface area (Å²) in [6, 6.07) is 17.8. The van der Waals surface area contributed by atoms with Crippen LogP contribution >= 0.6 is 23.2 Å². The van der Waals surface area contributed by atoms with Crippen molar-refractivity contribution in [1.82, 2.24) is 4.90 Å². The molecule has 1 heterocycles. The fraction of sp³-hybridized carbons (Fsp3) is 0.217. The molecule has 2 aromatic rings. The molecule has 146 valence electrons. The summed E-state index contributed by atoms with van der Waals surface area (Å²) in [5.74, 6) is 0. The van der Waals surface area contributed by atoms with Gasteiger partial charge in [0.1, 0.15) is 17.7 Å². The van der Waals surface area contributed by atoms with E-state index in [4.69, 9.17) is 33.7 Å². The first-order valence-corrected chi connectivity index (χ1v) is 10.0. The van der Waals surface area contributed by atoms with Crippen LogP contribution in [0.15, 0.2) is 60.2 Å². The Hall–Kier alpha value is -2.92. The second-order valence-corrected chi connectivity index (χ2v) is 7.61. The van der Waals surface area contributed by atoms with Crippen LogP contribution in [0.1, 0.15) is 11.1 Å². The summed E-state index contributed by atoms with van der Waals surface area (Å²) in [6.45, 7) is 5.32. The summed E-state index contributed by atoms with van der Waals surface area (Å²) >= 11 is 12.2. The largest absolute Gasteiger partial charge is 0.368 e. The summed E-state index contributed by atoms with van der Waals surface area (Å²) in [6.07, 6.45) is 3.45. The molecule has 0 bridgehead atoms. The number of benzene rings is 2. The molecule has 0 aromatic heterocycles. The molecule has 0 N–H and O–H groups in total. The second kappa shape index (κ2) is 9.52. The van der Waals surface area contributed by atoms with E-state index in [-0.39, 0.29) is 5.57 Å². The smallest absolute Gasteiger partial charge is 0.129 e. The first kappa shape index (κ1) is 20.8. The quantitative estimate of drug-likeness (QED) is 0.486. The number of anilines is 1. The third-order valence-corrected chi connectivity index (χ3v) is 5.62. The molecular formula is C23H20Cl2N4. The molecule has 1 fully saturated rings. The zero-order chi connectivity index (χ0) is 20.8. The van der Waals surface area contributed by atoms with Crippen molar-refractivity contribution in [3.63, 3.8) is 0 Å². The summed E-state index contributed by atoms with van der Waals surface area (Å²) in [5, 5.41) is 19.2. The zero-order valence-corrected chi connectivity index (χ0v) is 17.6. The van der Waals surface area contributed by atoms with Crippen molar-refractivity contribution < 1.29 is 0 Å². The summed E-state index contributed by atoms with van der Waals surface area (Å²) in [4.78, 5) is 4.55. The van der Waals surface area contributed by atoms with Gasteiger partial charge in [-0.2, -0.15) is 10.5 Å². The minimum absolute atomic E-state index is 0.0871. The molecule has 0 saturated carbocycles. The monoisotopic (exact) mass is 422 g/mol. The van der Waals surface area contributed by atoms with E-state index in [0.29, 0.717) is 10.0 Å². The summed E-state index contributed by atoms with van der Waals surface area (Å²) < 4.78 is 0. The molecule has 0 aliphatic carbocycles. The molecule has 29 heavy (non-hydrogen) atoms. The predicted octanol–water partition coefficient (Wildman–Crippen LogP) is 5.44. The van der Waals surface area contributed by atoms with E-state index < -0.39 is 0 Å². The standard InChI is InChI=1S/C23H20Cl2N4/c1-17-2-5-19(6-3-17)23(9-4-18(15-26)16-27)29-12-10-28(11-13-29)20-7-8-21(24)22(25)14-20/h2-9,14H,10-13H2,1H3/b23-9+. The molecule has 1 saturated heterocycles. The highest BCUT2D eigenvalue weighted by Crippen LogP contribution is 2.29. The van der Waals surface area contributed by atoms with Crippen LogP contribution in [-0.2, 0) is 0 Å². The van der Waals surface area contributed by atoms with Crippen LogP contribution in [0.2, 0.25) is 10.0 Å². The Balaban J connectivity index is 1.82. The Kier molecular flexibility index (Phi) is 6.83. The number of halogens is 2. The molecule has 6 heteroatoms. The molecule has 0 radical (unpaired) electrons. The van der Waals surface area contributed by atoms with Crippen molar-refractivity contribution in [2.24, 2.45) is 0 Å². The van der Waals surface area contributed by atoms with Crippen molar-refractivity contribution >= 4 is 34.6 Å². The van der Waals surface area contributed by atoms with Crippen molar-refractivity contribution in [1.29, 1.82) is 10.5 Å². The SMILES string of the molecule is Cc1ccc(/C(=C\C=C(C#N)C#N)N2CCN(c3ccc(Cl)c(Cl)c3)CC2)cc1. The van der Waals surface area contributed by atoms with Gasteiger partial charge in [0.15, 0.2) is 0 Å². The van der Waals surface area contributed by atoms with Gasteiger partial charge in [-0.1, -0.05) is 53.0 Å². The van der Waals surface area contributed by atoms with Crippen LogP contribution in [0.25, 0.3) is 5.70 Å². The summed E-state index contributed by atoms with van der Waals surface area (Å²) in [7, 11) is 0. The number of aryl methyl sites for hydroxylation is 1. The van der Waals surface area contributed by atoms with Gasteiger partial charge in [0.05, 0.1) is 10.0 Å². The first-order chi connectivity index (χ1) is 14.0. The van der Waals surface area contributed by atoms with Gasteiger partial charge in [-0.25, -0.2) is 0 Å². The van der Waals surface area contributed by atoms with Gasteiger partial charge >= 0.3 is 0 Å². The fourth-order valence-electron chi connectivity index (χ4n) is 3.26. The van der Waals surface area contributed by atoms with E-state index >= 15 is 0 Å². The van der Waals surface area contributed by atoms with Gasteiger partial charge < -0.3 is 9.80 Å². The van der Waals surface area contributed by atoms with E-state index in [1.165, 1.54) is 5.56 Å². The Morgan fingerprint density at radius 2 is 1.55 bits per heavy atom. The molecule has 0 atom stereocenters. The van der Waals surface area contributed by atoms with Crippen molar-refractivity contribution in [3.05, 3.63) is 81.4 Å². The topological polar surface area (TPSA) is 54.1 Å². The normalized spacial score (nSPS) is 14.2. The third-order valence-electron chi connectivity index (χ3n) is 4.88. The van der Waals surface area contributed by atoms with E-state index in [9.17, 15) is 0 Å². The van der Waals surface area contributed by atoms with Gasteiger partial charge in [0, 0.05) is 37.6 Å². The molecular weight excluding hydrogens is 403 g/mol. The Bertz CT molecular complexity index is 1000. The second-order valence-electron chi connectivity index (χ2n) is 6.79. The predicted molar refractivity (Wildman–Crippen MR) is 119 cm³/mol. The summed E-state index contributed by atoms with van der Waals surface area (Å²) in [5.41, 5.74) is 4.38. The molecule has 2 aromatic carbocycles. The molecule has 0 spiro atoms. The Labute approximate surface area is 181 Å². The lowest BCUT2D eigenvalue weighted by atomic mass is 10.1. The van der Waals surface area contributed by atoms with Gasteiger partial charge in [0.2, 0.25) is 0 Å². The van der Waals surface area contributed by atoms with Gasteiger partial charge in [0.25, 0.3) is 0 Å². The third kappa shape index (κ3) is 5.12. The number of hydrogen-bond acceptors (Lipinski definition) is 4. The lowest BCUT2D eigenvalue weighted by molar-refractivity contribution is 0.367. The number of nitriles is 2. The number of hydrogen-bond donors (Lipinski definition) is 0. The van der Waals surface area contributed by atoms with E-state index in [0.717, 1.165) is 43.1 Å². The van der Waals surface area contributed by atoms with Crippen LogP contribution in [0.5, 0.6) is 0 Å². The molecule has 3 rings (SSSR count). The number of rotatable bonds is 4. The highest BCUT2D eigenvalue weighted by Gasteiger charge is 2.20. The average Bonchev–Trinajstić information content (AvgIpc) is 2.74. The van der Waals surface area contributed by atoms with Gasteiger partial charge in [-0.15, -0.1) is 0 Å². The zero-order valence-electron chi connectivity index (χ0n) is 16.1. The maximum atomic E-state index is 9.05. The maximum absolute atomic E-state index is 9.05. The molecule has 0 amide bonds. The van der Waals surface area contributed by atoms with Gasteiger partial charge in [-0.05, 0) is 42.8 Å². The van der Waals surface area contributed by atoms with Gasteiger partial charge in [-0.3, -0.25) is 0 Å². The minimum Gasteiger partial charge on any atom is -0.368 e. The van der Waals surface area contributed by atoms with Crippen LogP contribution in [0, 0.1) is 29.6 Å². The van der Waals surface area contributed by atoms with Crippen LogP contribution < -0.4 is 4.90 Å². The average molecular weight is 423 g/mol. The van der Waals surface area contributed by atoms with Crippen LogP contribution in [-0.4, -0.2) is 31.1 Å². The molecule has 4 nitrogen and oxygen atoms in total. The number of allylic oxidation sites excluding steroid dienone is 3. The molecule has 1 aliphatic rings. The van der Waals surface area contributed by atoms with E-state index in [1.54, 1.807) is 6.08 Å². The van der Waals surface area contributed by atoms with Crippen LogP contribution in [0.3, 0.4) is 0 Å². The Morgan fingerprint density at radius 3 is 2.14 bits per heavy atom. The van der Waals surface area contributed by atoms with E-state index in [2.05, 4.69) is 34.1 Å². The molecule has 1 aliphatic heterocycles. The maximum Gasteiger partial charge on any atom is 0.129 e. The van der Waals surface area contributed by atoms with Crippen molar-refractivity contribution in [3.8, 4) is 12.1 Å². The van der Waals surface area contributed by atoms with Crippen molar-refractivity contribution in [2.75, 3.05) is 31.1 Å². The van der Waals surface area contributed by atoms with E-state index in [1.807, 2.05) is 43.3 Å². The number of nitrogens with zero attached hydrogens (tertiary/aromatic N) is 4. The van der Waals surface area contributed by atoms with Crippen molar-refractivity contribution in [2.45, 2.75) is 6.92 Å². The Morgan fingerprint density at radius 1 is 0.897 bits per heavy atom. The highest BCUT2D eigenvalue weighted by atomic mass is 35.5. The molecule has 0 unspecified atom stereocenters. The minimum atomic E-state index is 0.0871. The first-order valence-electron chi connectivity index (χ1n) is 9.26. The lowest BCUT2D eigenvalue weighted by Crippen LogP contribution is -2.45. The number of piperazine rings is 1.